The van der Waals surface area contributed by atoms with Gasteiger partial charge in [0.25, 0.3) is 0 Å². The second-order valence-corrected chi connectivity index (χ2v) is 6.89. The van der Waals surface area contributed by atoms with Gasteiger partial charge in [0.05, 0.1) is 19.8 Å². The molecule has 172 valence electrons. The molecule has 1 aliphatic heterocycles. The summed E-state index contributed by atoms with van der Waals surface area (Å²) in [6, 6.07) is 1.91. The van der Waals surface area contributed by atoms with Crippen molar-refractivity contribution in [1.29, 1.82) is 0 Å². The number of nitrogens with one attached hydrogen (secondary N) is 2. The first kappa shape index (κ1) is 24.4. The third-order valence-corrected chi connectivity index (χ3v) is 4.57. The average molecular weight is 445 g/mol. The Balaban J connectivity index is 1.93. The van der Waals surface area contributed by atoms with Gasteiger partial charge in [0.2, 0.25) is 11.8 Å². The highest BCUT2D eigenvalue weighted by molar-refractivity contribution is 5.90. The number of carboxylic acids is 1. The van der Waals surface area contributed by atoms with Crippen LogP contribution >= 0.6 is 0 Å². The van der Waals surface area contributed by atoms with Gasteiger partial charge in [-0.05, 0) is 24.6 Å². The molecule has 2 rings (SSSR count). The molecule has 1 aromatic carbocycles. The van der Waals surface area contributed by atoms with Crippen molar-refractivity contribution in [3.63, 3.8) is 0 Å². The number of aliphatic carboxylic acids is 1. The number of amides is 2. The number of benzene rings is 1. The monoisotopic (exact) mass is 445 g/mol. The van der Waals surface area contributed by atoms with Crippen LogP contribution in [-0.4, -0.2) is 84.4 Å². The van der Waals surface area contributed by atoms with Gasteiger partial charge in [0.1, 0.15) is 17.9 Å². The second kappa shape index (κ2) is 11.5. The van der Waals surface area contributed by atoms with E-state index in [1.807, 2.05) is 4.90 Å². The van der Waals surface area contributed by atoms with E-state index in [0.29, 0.717) is 26.3 Å². The number of rotatable bonds is 10. The number of aliphatic hydroxyl groups excluding tert-OH is 1. The summed E-state index contributed by atoms with van der Waals surface area (Å²) in [5, 5.41) is 24.4. The molecule has 1 heterocycles. The van der Waals surface area contributed by atoms with Gasteiger partial charge in [-0.25, -0.2) is 4.79 Å². The first-order valence-electron chi connectivity index (χ1n) is 9.53. The SMILES string of the molecule is C[C@H](NC(=O)CN1CCOCC1)C(=O)N[C@H](C(=O)O)[C@H](O)c1ccc(OC(F)F)cc1. The first-order valence-corrected chi connectivity index (χ1v) is 9.53. The van der Waals surface area contributed by atoms with E-state index in [-0.39, 0.29) is 17.9 Å². The fourth-order valence-corrected chi connectivity index (χ4v) is 2.91. The van der Waals surface area contributed by atoms with E-state index >= 15 is 0 Å². The molecule has 1 aromatic rings. The molecule has 3 atom stereocenters. The van der Waals surface area contributed by atoms with Gasteiger partial charge in [-0.2, -0.15) is 8.78 Å². The van der Waals surface area contributed by atoms with Gasteiger partial charge < -0.3 is 30.3 Å². The molecular formula is C19H25F2N3O7. The molecule has 1 fully saturated rings. The molecule has 10 nitrogen and oxygen atoms in total. The van der Waals surface area contributed by atoms with Crippen LogP contribution in [0.1, 0.15) is 18.6 Å². The molecular weight excluding hydrogens is 420 g/mol. The maximum Gasteiger partial charge on any atom is 0.387 e. The van der Waals surface area contributed by atoms with Gasteiger partial charge in [-0.3, -0.25) is 14.5 Å². The van der Waals surface area contributed by atoms with Crippen LogP contribution in [0.5, 0.6) is 5.75 Å². The molecule has 0 spiro atoms. The van der Waals surface area contributed by atoms with E-state index in [2.05, 4.69) is 15.4 Å². The standard InChI is InChI=1S/C19H25F2N3O7/c1-11(22-14(25)10-24-6-8-30-9-7-24)17(27)23-15(18(28)29)16(26)12-2-4-13(5-3-12)31-19(20)21/h2-5,11,15-16,19,26H,6-10H2,1H3,(H,22,25)(H,23,27)(H,28,29)/t11-,15-,16+/m0/s1. The lowest BCUT2D eigenvalue weighted by Gasteiger charge is -2.27. The number of carboxylic acid groups (broad SMARTS) is 1. The van der Waals surface area contributed by atoms with E-state index in [9.17, 15) is 33.4 Å². The number of aliphatic hydroxyl groups is 1. The van der Waals surface area contributed by atoms with Crippen LogP contribution in [0, 0.1) is 0 Å². The lowest BCUT2D eigenvalue weighted by Crippen LogP contribution is -2.53. The Bertz CT molecular complexity index is 757. The van der Waals surface area contributed by atoms with Crippen LogP contribution in [0.2, 0.25) is 0 Å². The van der Waals surface area contributed by atoms with Crippen LogP contribution in [0.25, 0.3) is 0 Å². The number of alkyl halides is 2. The number of ether oxygens (including phenoxy) is 2. The molecule has 0 radical (unpaired) electrons. The molecule has 0 aliphatic carbocycles. The Labute approximate surface area is 177 Å². The van der Waals surface area contributed by atoms with Crippen LogP contribution < -0.4 is 15.4 Å². The lowest BCUT2D eigenvalue weighted by atomic mass is 10.0. The highest BCUT2D eigenvalue weighted by Gasteiger charge is 2.31. The van der Waals surface area contributed by atoms with E-state index < -0.39 is 42.6 Å². The van der Waals surface area contributed by atoms with E-state index in [4.69, 9.17) is 4.74 Å². The van der Waals surface area contributed by atoms with Crippen LogP contribution in [-0.2, 0) is 19.1 Å². The van der Waals surface area contributed by atoms with Crippen molar-refractivity contribution in [2.24, 2.45) is 0 Å². The summed E-state index contributed by atoms with van der Waals surface area (Å²) in [6.07, 6.45) is -1.67. The minimum Gasteiger partial charge on any atom is -0.480 e. The predicted octanol–water partition coefficient (Wildman–Crippen LogP) is -0.272. The molecule has 12 heteroatoms. The maximum absolute atomic E-state index is 12.4. The number of morpholine rings is 1. The zero-order chi connectivity index (χ0) is 23.0. The number of nitrogens with zero attached hydrogens (tertiary/aromatic N) is 1. The van der Waals surface area contributed by atoms with Crippen molar-refractivity contribution in [1.82, 2.24) is 15.5 Å². The first-order chi connectivity index (χ1) is 14.7. The van der Waals surface area contributed by atoms with Crippen LogP contribution in [0.3, 0.4) is 0 Å². The second-order valence-electron chi connectivity index (χ2n) is 6.89. The Morgan fingerprint density at radius 2 is 1.77 bits per heavy atom. The Morgan fingerprint density at radius 1 is 1.16 bits per heavy atom. The molecule has 31 heavy (non-hydrogen) atoms. The highest BCUT2D eigenvalue weighted by Crippen LogP contribution is 2.22. The summed E-state index contributed by atoms with van der Waals surface area (Å²) in [7, 11) is 0. The zero-order valence-corrected chi connectivity index (χ0v) is 16.8. The molecule has 2 amide bonds. The fraction of sp³-hybridized carbons (Fsp3) is 0.526. The van der Waals surface area contributed by atoms with Crippen LogP contribution in [0.15, 0.2) is 24.3 Å². The number of hydrogen-bond donors (Lipinski definition) is 4. The summed E-state index contributed by atoms with van der Waals surface area (Å²) in [5.41, 5.74) is 0.0679. The number of carbonyl (C=O) groups is 3. The third kappa shape index (κ3) is 7.74. The number of hydrogen-bond acceptors (Lipinski definition) is 7. The van der Waals surface area contributed by atoms with E-state index in [1.54, 1.807) is 0 Å². The molecule has 1 saturated heterocycles. The van der Waals surface area contributed by atoms with Crippen molar-refractivity contribution < 1.29 is 42.9 Å². The van der Waals surface area contributed by atoms with Crippen molar-refractivity contribution in [2.75, 3.05) is 32.8 Å². The summed E-state index contributed by atoms with van der Waals surface area (Å²) >= 11 is 0. The van der Waals surface area contributed by atoms with Crippen LogP contribution in [0.4, 0.5) is 8.78 Å². The van der Waals surface area contributed by atoms with Gasteiger partial charge in [-0.1, -0.05) is 12.1 Å². The van der Waals surface area contributed by atoms with Crippen molar-refractivity contribution in [3.8, 4) is 5.75 Å². The minimum atomic E-state index is -3.03. The fourth-order valence-electron chi connectivity index (χ4n) is 2.91. The van der Waals surface area contributed by atoms with Gasteiger partial charge >= 0.3 is 12.6 Å². The Hall–Kier alpha value is -2.83. The third-order valence-electron chi connectivity index (χ3n) is 4.57. The number of carbonyl (C=O) groups excluding carboxylic acids is 2. The van der Waals surface area contributed by atoms with E-state index in [1.165, 1.54) is 19.1 Å². The lowest BCUT2D eigenvalue weighted by molar-refractivity contribution is -0.145. The molecule has 0 aromatic heterocycles. The minimum absolute atomic E-state index is 0.0679. The topological polar surface area (TPSA) is 137 Å². The van der Waals surface area contributed by atoms with Gasteiger partial charge in [0, 0.05) is 13.1 Å². The maximum atomic E-state index is 12.4. The summed E-state index contributed by atoms with van der Waals surface area (Å²) < 4.78 is 33.8. The predicted molar refractivity (Wildman–Crippen MR) is 102 cm³/mol. The molecule has 0 saturated carbocycles. The molecule has 1 aliphatic rings. The summed E-state index contributed by atoms with van der Waals surface area (Å²) in [6.45, 7) is 0.618. The van der Waals surface area contributed by atoms with E-state index in [0.717, 1.165) is 12.1 Å². The van der Waals surface area contributed by atoms with Gasteiger partial charge in [-0.15, -0.1) is 0 Å². The smallest absolute Gasteiger partial charge is 0.387 e. The van der Waals surface area contributed by atoms with Crippen molar-refractivity contribution in [2.45, 2.75) is 31.7 Å². The quantitative estimate of drug-likeness (QED) is 0.386. The van der Waals surface area contributed by atoms with Crippen molar-refractivity contribution >= 4 is 17.8 Å². The largest absolute Gasteiger partial charge is 0.480 e. The zero-order valence-electron chi connectivity index (χ0n) is 16.8. The highest BCUT2D eigenvalue weighted by atomic mass is 19.3. The Morgan fingerprint density at radius 3 is 2.32 bits per heavy atom. The molecule has 0 bridgehead atoms. The summed E-state index contributed by atoms with van der Waals surface area (Å²) in [5.74, 6) is -2.90. The summed E-state index contributed by atoms with van der Waals surface area (Å²) in [4.78, 5) is 37.9. The van der Waals surface area contributed by atoms with Crippen molar-refractivity contribution in [3.05, 3.63) is 29.8 Å². The molecule has 0 unspecified atom stereocenters. The number of halogens is 2. The van der Waals surface area contributed by atoms with Gasteiger partial charge in [0.15, 0.2) is 6.04 Å². The Kier molecular flexibility index (Phi) is 9.09. The normalized spacial score (nSPS) is 17.5. The average Bonchev–Trinajstić information content (AvgIpc) is 2.71. The molecule has 4 N–H and O–H groups in total.